The van der Waals surface area contributed by atoms with Crippen LogP contribution < -0.4 is 20.1 Å². The Labute approximate surface area is 168 Å². The zero-order chi connectivity index (χ0) is 20.6. The summed E-state index contributed by atoms with van der Waals surface area (Å²) in [6.45, 7) is 0.450. The molecule has 1 heterocycles. The van der Waals surface area contributed by atoms with Gasteiger partial charge in [-0.05, 0) is 48.4 Å². The number of methoxy groups -OCH3 is 2. The van der Waals surface area contributed by atoms with E-state index in [0.717, 1.165) is 5.56 Å². The van der Waals surface area contributed by atoms with Gasteiger partial charge >= 0.3 is 0 Å². The molecule has 3 rings (SSSR count). The molecule has 29 heavy (non-hydrogen) atoms. The van der Waals surface area contributed by atoms with Crippen molar-refractivity contribution in [2.24, 2.45) is 0 Å². The fourth-order valence-electron chi connectivity index (χ4n) is 2.73. The number of hydrogen-bond donors (Lipinski definition) is 2. The van der Waals surface area contributed by atoms with Crippen LogP contribution in [0.25, 0.3) is 0 Å². The van der Waals surface area contributed by atoms with Crippen molar-refractivity contribution in [1.29, 1.82) is 0 Å². The molecule has 0 aliphatic rings. The lowest BCUT2D eigenvalue weighted by atomic mass is 10.1. The van der Waals surface area contributed by atoms with Gasteiger partial charge in [-0.1, -0.05) is 12.1 Å². The van der Waals surface area contributed by atoms with Crippen LogP contribution in [0.4, 0.5) is 15.9 Å². The summed E-state index contributed by atoms with van der Waals surface area (Å²) < 4.78 is 23.5. The number of benzene rings is 2. The first-order valence-corrected chi connectivity index (χ1v) is 9.07. The zero-order valence-electron chi connectivity index (χ0n) is 16.2. The van der Waals surface area contributed by atoms with E-state index in [1.165, 1.54) is 18.3 Å². The fourth-order valence-corrected chi connectivity index (χ4v) is 2.73. The number of nitrogens with zero attached hydrogens (tertiary/aromatic N) is 1. The molecular weight excluding hydrogens is 373 g/mol. The molecule has 3 aromatic rings. The van der Waals surface area contributed by atoms with Crippen LogP contribution in [-0.4, -0.2) is 31.7 Å². The van der Waals surface area contributed by atoms with Gasteiger partial charge in [-0.2, -0.15) is 0 Å². The number of pyridine rings is 1. The highest BCUT2D eigenvalue weighted by molar-refractivity contribution is 5.94. The highest BCUT2D eigenvalue weighted by atomic mass is 19.1. The zero-order valence-corrected chi connectivity index (χ0v) is 16.2. The molecular formula is C22H22FN3O3. The Morgan fingerprint density at radius 2 is 1.83 bits per heavy atom. The molecule has 2 aromatic carbocycles. The number of aromatic nitrogens is 1. The van der Waals surface area contributed by atoms with Gasteiger partial charge in [-0.25, -0.2) is 9.37 Å². The van der Waals surface area contributed by atoms with Crippen molar-refractivity contribution in [3.63, 3.8) is 0 Å². The second-order valence-electron chi connectivity index (χ2n) is 6.26. The maximum Gasteiger partial charge on any atom is 0.252 e. The second kappa shape index (κ2) is 9.54. The van der Waals surface area contributed by atoms with E-state index in [4.69, 9.17) is 9.47 Å². The molecule has 0 radical (unpaired) electrons. The van der Waals surface area contributed by atoms with Crippen LogP contribution in [0, 0.1) is 5.82 Å². The van der Waals surface area contributed by atoms with Crippen LogP contribution in [-0.2, 0) is 6.42 Å². The lowest BCUT2D eigenvalue weighted by Crippen LogP contribution is -2.25. The van der Waals surface area contributed by atoms with Crippen molar-refractivity contribution in [2.75, 3.05) is 26.1 Å². The summed E-state index contributed by atoms with van der Waals surface area (Å²) in [6.07, 6.45) is 2.12. The minimum atomic E-state index is -0.274. The Kier molecular flexibility index (Phi) is 6.63. The Balaban J connectivity index is 1.58. The average Bonchev–Trinajstić information content (AvgIpc) is 2.75. The standard InChI is InChI=1S/C22H22FN3O3/c1-28-18-8-9-20(29-2)19(13-18)26-21-10-5-16(14-25-21)22(27)24-12-11-15-3-6-17(23)7-4-15/h3-10,13-14H,11-12H2,1-2H3,(H,24,27)(H,25,26). The van der Waals surface area contributed by atoms with E-state index in [-0.39, 0.29) is 11.7 Å². The van der Waals surface area contributed by atoms with E-state index in [1.54, 1.807) is 56.7 Å². The van der Waals surface area contributed by atoms with Crippen molar-refractivity contribution in [2.45, 2.75) is 6.42 Å². The van der Waals surface area contributed by atoms with Gasteiger partial charge < -0.3 is 20.1 Å². The number of carbonyl (C=O) groups is 1. The first-order valence-electron chi connectivity index (χ1n) is 9.07. The number of nitrogens with one attached hydrogen (secondary N) is 2. The third kappa shape index (κ3) is 5.44. The summed E-state index contributed by atoms with van der Waals surface area (Å²) in [5, 5.41) is 5.99. The summed E-state index contributed by atoms with van der Waals surface area (Å²) in [5.41, 5.74) is 2.11. The molecule has 0 saturated heterocycles. The monoisotopic (exact) mass is 395 g/mol. The van der Waals surface area contributed by atoms with Crippen LogP contribution in [0.3, 0.4) is 0 Å². The number of ether oxygens (including phenoxy) is 2. The summed E-state index contributed by atoms with van der Waals surface area (Å²) in [7, 11) is 3.17. The number of halogens is 1. The second-order valence-corrected chi connectivity index (χ2v) is 6.26. The Hall–Kier alpha value is -3.61. The van der Waals surface area contributed by atoms with E-state index in [0.29, 0.717) is 41.5 Å². The maximum atomic E-state index is 12.9. The van der Waals surface area contributed by atoms with Gasteiger partial charge in [0.1, 0.15) is 23.1 Å². The van der Waals surface area contributed by atoms with Crippen LogP contribution in [0.15, 0.2) is 60.8 Å². The summed E-state index contributed by atoms with van der Waals surface area (Å²) in [5.74, 6) is 1.41. The van der Waals surface area contributed by atoms with Crippen molar-refractivity contribution in [3.8, 4) is 11.5 Å². The normalized spacial score (nSPS) is 10.3. The van der Waals surface area contributed by atoms with E-state index in [2.05, 4.69) is 15.6 Å². The number of amides is 1. The average molecular weight is 395 g/mol. The van der Waals surface area contributed by atoms with E-state index in [1.807, 2.05) is 0 Å². The van der Waals surface area contributed by atoms with E-state index in [9.17, 15) is 9.18 Å². The minimum Gasteiger partial charge on any atom is -0.497 e. The molecule has 0 spiro atoms. The van der Waals surface area contributed by atoms with Crippen LogP contribution in [0.1, 0.15) is 15.9 Å². The Morgan fingerprint density at radius 1 is 1.03 bits per heavy atom. The van der Waals surface area contributed by atoms with Gasteiger partial charge in [-0.15, -0.1) is 0 Å². The number of carbonyl (C=O) groups excluding carboxylic acids is 1. The van der Waals surface area contributed by atoms with Crippen molar-refractivity contribution < 1.29 is 18.7 Å². The lowest BCUT2D eigenvalue weighted by molar-refractivity contribution is 0.0954. The molecule has 2 N–H and O–H groups in total. The topological polar surface area (TPSA) is 72.5 Å². The molecule has 7 heteroatoms. The quantitative estimate of drug-likeness (QED) is 0.604. The van der Waals surface area contributed by atoms with Gasteiger partial charge in [0, 0.05) is 18.8 Å². The molecule has 0 atom stereocenters. The van der Waals surface area contributed by atoms with Crippen molar-refractivity contribution in [1.82, 2.24) is 10.3 Å². The predicted octanol–water partition coefficient (Wildman–Crippen LogP) is 3.95. The van der Waals surface area contributed by atoms with E-state index >= 15 is 0 Å². The van der Waals surface area contributed by atoms with Gasteiger partial charge in [0.2, 0.25) is 0 Å². The first kappa shape index (κ1) is 20.1. The molecule has 0 aliphatic carbocycles. The Morgan fingerprint density at radius 3 is 2.48 bits per heavy atom. The first-order chi connectivity index (χ1) is 14.1. The molecule has 1 aromatic heterocycles. The summed E-state index contributed by atoms with van der Waals surface area (Å²) in [4.78, 5) is 16.6. The molecule has 6 nitrogen and oxygen atoms in total. The number of anilines is 2. The van der Waals surface area contributed by atoms with Crippen molar-refractivity contribution >= 4 is 17.4 Å². The fraction of sp³-hybridized carbons (Fsp3) is 0.182. The lowest BCUT2D eigenvalue weighted by Gasteiger charge is -2.12. The van der Waals surface area contributed by atoms with Gasteiger partial charge in [0.25, 0.3) is 5.91 Å². The number of hydrogen-bond acceptors (Lipinski definition) is 5. The third-order valence-corrected chi connectivity index (χ3v) is 4.31. The SMILES string of the molecule is COc1ccc(OC)c(Nc2ccc(C(=O)NCCc3ccc(F)cc3)cn2)c1. The highest BCUT2D eigenvalue weighted by Gasteiger charge is 2.09. The van der Waals surface area contributed by atoms with Crippen LogP contribution in [0.2, 0.25) is 0 Å². The molecule has 0 aliphatic heterocycles. The maximum absolute atomic E-state index is 12.9. The Bertz CT molecular complexity index is 960. The third-order valence-electron chi connectivity index (χ3n) is 4.31. The molecule has 1 amide bonds. The highest BCUT2D eigenvalue weighted by Crippen LogP contribution is 2.30. The molecule has 0 bridgehead atoms. The van der Waals surface area contributed by atoms with Crippen molar-refractivity contribution in [3.05, 3.63) is 77.7 Å². The molecule has 150 valence electrons. The molecule has 0 saturated carbocycles. The number of rotatable bonds is 8. The minimum absolute atomic E-state index is 0.217. The van der Waals surface area contributed by atoms with Gasteiger partial charge in [0.05, 0.1) is 25.5 Å². The van der Waals surface area contributed by atoms with Gasteiger partial charge in [0.15, 0.2) is 0 Å². The van der Waals surface area contributed by atoms with Crippen LogP contribution in [0.5, 0.6) is 11.5 Å². The van der Waals surface area contributed by atoms with Gasteiger partial charge in [-0.3, -0.25) is 4.79 Å². The predicted molar refractivity (Wildman–Crippen MR) is 110 cm³/mol. The molecule has 0 fully saturated rings. The largest absolute Gasteiger partial charge is 0.497 e. The van der Waals surface area contributed by atoms with E-state index < -0.39 is 0 Å². The summed E-state index contributed by atoms with van der Waals surface area (Å²) >= 11 is 0. The molecule has 0 unspecified atom stereocenters. The smallest absolute Gasteiger partial charge is 0.252 e. The summed E-state index contributed by atoms with van der Waals surface area (Å²) in [6, 6.07) is 15.0. The van der Waals surface area contributed by atoms with Crippen LogP contribution >= 0.6 is 0 Å².